The van der Waals surface area contributed by atoms with Crippen molar-refractivity contribution in [3.05, 3.63) is 29.8 Å². The second-order valence-electron chi connectivity index (χ2n) is 4.78. The van der Waals surface area contributed by atoms with E-state index in [4.69, 9.17) is 14.2 Å². The molecule has 0 fully saturated rings. The first-order chi connectivity index (χ1) is 10.8. The van der Waals surface area contributed by atoms with Gasteiger partial charge >= 0.3 is 5.97 Å². The lowest BCUT2D eigenvalue weighted by Gasteiger charge is -1.97. The molecule has 4 nitrogen and oxygen atoms in total. The van der Waals surface area contributed by atoms with Crippen molar-refractivity contribution < 1.29 is 19.0 Å². The van der Waals surface area contributed by atoms with Gasteiger partial charge in [-0.25, -0.2) is 4.79 Å². The number of fused-ring (bicyclic) bond motifs is 1. The smallest absolute Gasteiger partial charge is 0.384 e. The number of hydrogen-bond acceptors (Lipinski definition) is 4. The van der Waals surface area contributed by atoms with E-state index in [0.29, 0.717) is 13.4 Å². The summed E-state index contributed by atoms with van der Waals surface area (Å²) in [6.45, 7) is 2.44. The van der Waals surface area contributed by atoms with Crippen LogP contribution in [-0.4, -0.2) is 19.4 Å². The van der Waals surface area contributed by atoms with Crippen LogP contribution >= 0.6 is 0 Å². The lowest BCUT2D eigenvalue weighted by atomic mass is 10.1. The van der Waals surface area contributed by atoms with Gasteiger partial charge in [-0.1, -0.05) is 24.1 Å². The summed E-state index contributed by atoms with van der Waals surface area (Å²) in [7, 11) is 0. The standard InChI is InChI=1S/C18H20O4/c1-2-20-18(19)10-8-6-4-3-5-7-9-15-11-12-16-17(13-15)22-14-21-16/h7,9,11-13H,2-6,14H2,1H3/b9-7+. The number of hydrogen-bond donors (Lipinski definition) is 0. The molecular formula is C18H20O4. The molecule has 0 amide bonds. The molecular weight excluding hydrogens is 280 g/mol. The average Bonchev–Trinajstić information content (AvgIpc) is 2.97. The zero-order valence-corrected chi connectivity index (χ0v) is 12.8. The van der Waals surface area contributed by atoms with Crippen molar-refractivity contribution in [1.82, 2.24) is 0 Å². The van der Waals surface area contributed by atoms with E-state index in [2.05, 4.69) is 24.0 Å². The minimum absolute atomic E-state index is 0.301. The highest BCUT2D eigenvalue weighted by atomic mass is 16.7. The Labute approximate surface area is 131 Å². The molecule has 0 spiro atoms. The maximum atomic E-state index is 11.0. The normalized spacial score (nSPS) is 12.0. The third-order valence-electron chi connectivity index (χ3n) is 3.10. The maximum Gasteiger partial charge on any atom is 0.384 e. The molecule has 1 aromatic carbocycles. The number of rotatable bonds is 6. The molecule has 0 saturated heterocycles. The van der Waals surface area contributed by atoms with Crippen molar-refractivity contribution in [2.45, 2.75) is 32.6 Å². The molecule has 0 atom stereocenters. The van der Waals surface area contributed by atoms with E-state index in [1.54, 1.807) is 6.92 Å². The predicted octanol–water partition coefficient (Wildman–Crippen LogP) is 3.56. The van der Waals surface area contributed by atoms with E-state index in [1.165, 1.54) is 0 Å². The van der Waals surface area contributed by atoms with Crippen molar-refractivity contribution in [2.75, 3.05) is 13.4 Å². The fraction of sp³-hybridized carbons (Fsp3) is 0.389. The molecule has 0 unspecified atom stereocenters. The Hall–Kier alpha value is -2.41. The van der Waals surface area contributed by atoms with Crippen LogP contribution in [0.5, 0.6) is 11.5 Å². The Morgan fingerprint density at radius 1 is 1.32 bits per heavy atom. The van der Waals surface area contributed by atoms with Crippen molar-refractivity contribution in [1.29, 1.82) is 0 Å². The van der Waals surface area contributed by atoms with Crippen LogP contribution in [0.4, 0.5) is 0 Å². The number of carbonyl (C=O) groups excluding carboxylic acids is 1. The van der Waals surface area contributed by atoms with E-state index in [0.717, 1.165) is 42.7 Å². The Morgan fingerprint density at radius 3 is 3.05 bits per heavy atom. The number of benzene rings is 1. The summed E-state index contributed by atoms with van der Waals surface area (Å²) < 4.78 is 15.3. The summed E-state index contributed by atoms with van der Waals surface area (Å²) >= 11 is 0. The van der Waals surface area contributed by atoms with Gasteiger partial charge in [-0.3, -0.25) is 0 Å². The van der Waals surface area contributed by atoms with E-state index in [-0.39, 0.29) is 0 Å². The van der Waals surface area contributed by atoms with Crippen molar-refractivity contribution in [2.24, 2.45) is 0 Å². The SMILES string of the molecule is CCOC(=O)C#CCCCC/C=C/c1ccc2c(c1)OCO2. The molecule has 1 aliphatic rings. The quantitative estimate of drug-likeness (QED) is 0.349. The van der Waals surface area contributed by atoms with Crippen molar-refractivity contribution in [3.8, 4) is 23.3 Å². The highest BCUT2D eigenvalue weighted by Crippen LogP contribution is 2.32. The molecule has 0 N–H and O–H groups in total. The van der Waals surface area contributed by atoms with Crippen LogP contribution < -0.4 is 9.47 Å². The van der Waals surface area contributed by atoms with Gasteiger partial charge in [0.25, 0.3) is 0 Å². The largest absolute Gasteiger partial charge is 0.456 e. The molecule has 116 valence electrons. The first-order valence-electron chi connectivity index (χ1n) is 7.51. The van der Waals surface area contributed by atoms with Crippen LogP contribution in [0.3, 0.4) is 0 Å². The lowest BCUT2D eigenvalue weighted by Crippen LogP contribution is -1.99. The highest BCUT2D eigenvalue weighted by Gasteiger charge is 2.11. The third kappa shape index (κ3) is 5.17. The number of ether oxygens (including phenoxy) is 3. The van der Waals surface area contributed by atoms with Gasteiger partial charge in [0.05, 0.1) is 6.61 Å². The van der Waals surface area contributed by atoms with Gasteiger partial charge in [-0.15, -0.1) is 0 Å². The maximum absolute atomic E-state index is 11.0. The number of carbonyl (C=O) groups is 1. The number of unbranched alkanes of at least 4 members (excludes halogenated alkanes) is 3. The molecule has 0 saturated carbocycles. The van der Waals surface area contributed by atoms with Gasteiger partial charge in [0.1, 0.15) is 0 Å². The van der Waals surface area contributed by atoms with E-state index < -0.39 is 5.97 Å². The molecule has 0 radical (unpaired) electrons. The molecule has 22 heavy (non-hydrogen) atoms. The summed E-state index contributed by atoms with van der Waals surface area (Å²) in [5.74, 6) is 6.46. The summed E-state index contributed by atoms with van der Waals surface area (Å²) in [5, 5.41) is 0. The van der Waals surface area contributed by atoms with Crippen LogP contribution in [0.15, 0.2) is 24.3 Å². The Balaban J connectivity index is 1.63. The predicted molar refractivity (Wildman–Crippen MR) is 84.5 cm³/mol. The topological polar surface area (TPSA) is 44.8 Å². The molecule has 1 aliphatic heterocycles. The summed E-state index contributed by atoms with van der Waals surface area (Å²) in [6, 6.07) is 5.91. The van der Waals surface area contributed by atoms with E-state index in [1.807, 2.05) is 18.2 Å². The molecule has 0 bridgehead atoms. The van der Waals surface area contributed by atoms with Crippen LogP contribution in [0, 0.1) is 11.8 Å². The molecule has 0 aromatic heterocycles. The second kappa shape index (κ2) is 8.78. The molecule has 1 aromatic rings. The summed E-state index contributed by atoms with van der Waals surface area (Å²) in [5.41, 5.74) is 1.10. The summed E-state index contributed by atoms with van der Waals surface area (Å²) in [4.78, 5) is 11.0. The molecule has 1 heterocycles. The van der Waals surface area contributed by atoms with Crippen LogP contribution in [0.1, 0.15) is 38.2 Å². The lowest BCUT2D eigenvalue weighted by molar-refractivity contribution is -0.136. The van der Waals surface area contributed by atoms with E-state index in [9.17, 15) is 4.79 Å². The first kappa shape index (κ1) is 16.0. The summed E-state index contributed by atoms with van der Waals surface area (Å²) in [6.07, 6.45) is 7.92. The molecule has 0 aliphatic carbocycles. The van der Waals surface area contributed by atoms with Gasteiger partial charge in [0.15, 0.2) is 11.5 Å². The first-order valence-corrected chi connectivity index (χ1v) is 7.51. The van der Waals surface area contributed by atoms with Crippen LogP contribution in [0.25, 0.3) is 6.08 Å². The third-order valence-corrected chi connectivity index (χ3v) is 3.10. The van der Waals surface area contributed by atoms with Gasteiger partial charge in [0, 0.05) is 12.3 Å². The molecule has 2 rings (SSSR count). The number of esters is 1. The Bertz CT molecular complexity index is 593. The molecule has 4 heteroatoms. The van der Waals surface area contributed by atoms with Crippen LogP contribution in [0.2, 0.25) is 0 Å². The Morgan fingerprint density at radius 2 is 2.18 bits per heavy atom. The highest BCUT2D eigenvalue weighted by molar-refractivity contribution is 5.88. The minimum Gasteiger partial charge on any atom is -0.456 e. The monoisotopic (exact) mass is 300 g/mol. The fourth-order valence-corrected chi connectivity index (χ4v) is 2.01. The van der Waals surface area contributed by atoms with Gasteiger partial charge < -0.3 is 14.2 Å². The second-order valence-corrected chi connectivity index (χ2v) is 4.78. The van der Waals surface area contributed by atoms with Crippen molar-refractivity contribution >= 4 is 12.0 Å². The van der Waals surface area contributed by atoms with Gasteiger partial charge in [-0.05, 0) is 43.9 Å². The fourth-order valence-electron chi connectivity index (χ4n) is 2.01. The van der Waals surface area contributed by atoms with E-state index >= 15 is 0 Å². The minimum atomic E-state index is -0.440. The van der Waals surface area contributed by atoms with Gasteiger partial charge in [-0.2, -0.15) is 0 Å². The zero-order valence-electron chi connectivity index (χ0n) is 12.8. The van der Waals surface area contributed by atoms with Crippen LogP contribution in [-0.2, 0) is 9.53 Å². The van der Waals surface area contributed by atoms with Gasteiger partial charge in [0.2, 0.25) is 6.79 Å². The van der Waals surface area contributed by atoms with Crippen molar-refractivity contribution in [3.63, 3.8) is 0 Å². The Kier molecular flexibility index (Phi) is 6.38. The zero-order chi connectivity index (χ0) is 15.6. The number of allylic oxidation sites excluding steroid dienone is 1. The average molecular weight is 300 g/mol.